The van der Waals surface area contributed by atoms with Gasteiger partial charge in [-0.1, -0.05) is 39.0 Å². The second-order valence-electron chi connectivity index (χ2n) is 5.31. The average Bonchev–Trinajstić information content (AvgIpc) is 2.26. The number of carboxylic acid groups (broad SMARTS) is 1. The van der Waals surface area contributed by atoms with E-state index in [1.54, 1.807) is 0 Å². The van der Waals surface area contributed by atoms with Crippen molar-refractivity contribution in [2.75, 3.05) is 11.9 Å². The van der Waals surface area contributed by atoms with Crippen molar-refractivity contribution in [3.8, 4) is 0 Å². The third kappa shape index (κ3) is 2.05. The number of benzene rings is 1. The number of rotatable bonds is 1. The van der Waals surface area contributed by atoms with Crippen molar-refractivity contribution in [2.45, 2.75) is 20.8 Å². The molecule has 0 amide bonds. The fraction of sp³-hybridized carbons (Fsp3) is 0.357. The maximum Gasteiger partial charge on any atom is 0.336 e. The number of carboxylic acids is 1. The zero-order chi connectivity index (χ0) is 12.6. The summed E-state index contributed by atoms with van der Waals surface area (Å²) in [6.07, 6.45) is 0. The van der Waals surface area contributed by atoms with Gasteiger partial charge in [-0.25, -0.2) is 4.79 Å². The minimum Gasteiger partial charge on any atom is -0.478 e. The highest BCUT2D eigenvalue weighted by Crippen LogP contribution is 2.38. The molecule has 3 nitrogen and oxygen atoms in total. The molecule has 2 N–H and O–H groups in total. The first-order chi connectivity index (χ1) is 7.91. The Morgan fingerprint density at radius 2 is 1.94 bits per heavy atom. The zero-order valence-electron chi connectivity index (χ0n) is 10.4. The summed E-state index contributed by atoms with van der Waals surface area (Å²) in [4.78, 5) is 11.5. The molecule has 1 heterocycles. The summed E-state index contributed by atoms with van der Waals surface area (Å²) >= 11 is 0. The summed E-state index contributed by atoms with van der Waals surface area (Å²) in [6.45, 7) is 6.73. The molecule has 1 aromatic rings. The molecule has 1 aliphatic heterocycles. The Kier molecular flexibility index (Phi) is 2.69. The van der Waals surface area contributed by atoms with E-state index in [1.807, 2.05) is 45.0 Å². The largest absolute Gasteiger partial charge is 0.478 e. The van der Waals surface area contributed by atoms with E-state index in [-0.39, 0.29) is 5.41 Å². The molecule has 0 bridgehead atoms. The van der Waals surface area contributed by atoms with Crippen molar-refractivity contribution in [1.82, 2.24) is 0 Å². The van der Waals surface area contributed by atoms with Gasteiger partial charge in [0.05, 0.1) is 5.57 Å². The molecular weight excluding hydrogens is 214 g/mol. The molecule has 0 atom stereocenters. The Morgan fingerprint density at radius 1 is 1.29 bits per heavy atom. The number of hydrogen-bond donors (Lipinski definition) is 2. The minimum absolute atomic E-state index is 0.145. The number of carbonyl (C=O) groups is 1. The van der Waals surface area contributed by atoms with Crippen molar-refractivity contribution in [1.29, 1.82) is 0 Å². The van der Waals surface area contributed by atoms with Crippen LogP contribution < -0.4 is 5.32 Å². The molecule has 1 aromatic carbocycles. The molecule has 3 heteroatoms. The average molecular weight is 231 g/mol. The summed E-state index contributed by atoms with van der Waals surface area (Å²) in [5.74, 6) is -0.844. The molecule has 0 fully saturated rings. The van der Waals surface area contributed by atoms with E-state index in [9.17, 15) is 9.90 Å². The Morgan fingerprint density at radius 3 is 2.53 bits per heavy atom. The Bertz CT molecular complexity index is 495. The molecule has 0 aromatic heterocycles. The van der Waals surface area contributed by atoms with Crippen molar-refractivity contribution in [3.05, 3.63) is 35.4 Å². The van der Waals surface area contributed by atoms with Crippen molar-refractivity contribution in [3.63, 3.8) is 0 Å². The molecule has 90 valence electrons. The Hall–Kier alpha value is -1.77. The normalized spacial score (nSPS) is 15.2. The van der Waals surface area contributed by atoms with Crippen LogP contribution in [-0.4, -0.2) is 17.6 Å². The maximum atomic E-state index is 11.5. The topological polar surface area (TPSA) is 49.3 Å². The summed E-state index contributed by atoms with van der Waals surface area (Å²) in [6, 6.07) is 7.55. The van der Waals surface area contributed by atoms with Crippen LogP contribution in [0, 0.1) is 5.41 Å². The van der Waals surface area contributed by atoms with Crippen LogP contribution in [-0.2, 0) is 4.79 Å². The Labute approximate surface area is 101 Å². The standard InChI is InChI=1S/C14H17NO2/c1-14(2,3)10-8-15-11-7-5-4-6-9(11)12(10)13(16)17/h4-7,15H,8H2,1-3H3,(H,16,17). The molecule has 0 unspecified atom stereocenters. The quantitative estimate of drug-likeness (QED) is 0.781. The minimum atomic E-state index is -0.844. The van der Waals surface area contributed by atoms with E-state index in [4.69, 9.17) is 0 Å². The van der Waals surface area contributed by atoms with E-state index >= 15 is 0 Å². The maximum absolute atomic E-state index is 11.5. The number of para-hydroxylation sites is 1. The molecule has 0 radical (unpaired) electrons. The van der Waals surface area contributed by atoms with E-state index in [0.29, 0.717) is 12.1 Å². The third-order valence-corrected chi connectivity index (χ3v) is 3.07. The fourth-order valence-corrected chi connectivity index (χ4v) is 2.17. The van der Waals surface area contributed by atoms with Crippen molar-refractivity contribution < 1.29 is 9.90 Å². The first-order valence-corrected chi connectivity index (χ1v) is 5.71. The lowest BCUT2D eigenvalue weighted by Crippen LogP contribution is -2.26. The molecular formula is C14H17NO2. The van der Waals surface area contributed by atoms with Crippen LogP contribution in [0.25, 0.3) is 5.57 Å². The van der Waals surface area contributed by atoms with Gasteiger partial charge in [0.15, 0.2) is 0 Å². The Balaban J connectivity index is 2.67. The third-order valence-electron chi connectivity index (χ3n) is 3.07. The zero-order valence-corrected chi connectivity index (χ0v) is 10.4. The lowest BCUT2D eigenvalue weighted by atomic mass is 9.79. The smallest absolute Gasteiger partial charge is 0.336 e. The van der Waals surface area contributed by atoms with Gasteiger partial charge < -0.3 is 10.4 Å². The van der Waals surface area contributed by atoms with Gasteiger partial charge in [-0.2, -0.15) is 0 Å². The van der Waals surface area contributed by atoms with E-state index in [2.05, 4.69) is 5.32 Å². The number of aliphatic carboxylic acids is 1. The lowest BCUT2D eigenvalue weighted by molar-refractivity contribution is -0.130. The van der Waals surface area contributed by atoms with Gasteiger partial charge in [-0.05, 0) is 17.1 Å². The molecule has 1 aliphatic rings. The van der Waals surface area contributed by atoms with Gasteiger partial charge in [0.2, 0.25) is 0 Å². The molecule has 2 rings (SSSR count). The molecule has 0 saturated carbocycles. The number of hydrogen-bond acceptors (Lipinski definition) is 2. The SMILES string of the molecule is CC(C)(C)C1=C(C(=O)O)c2ccccc2NC1. The summed E-state index contributed by atoms with van der Waals surface area (Å²) in [7, 11) is 0. The molecule has 17 heavy (non-hydrogen) atoms. The number of nitrogens with one attached hydrogen (secondary N) is 1. The second-order valence-corrected chi connectivity index (χ2v) is 5.31. The van der Waals surface area contributed by atoms with Crippen LogP contribution in [0.4, 0.5) is 5.69 Å². The summed E-state index contributed by atoms with van der Waals surface area (Å²) in [5, 5.41) is 12.7. The predicted octanol–water partition coefficient (Wildman–Crippen LogP) is 3.00. The molecule has 0 aliphatic carbocycles. The van der Waals surface area contributed by atoms with Crippen molar-refractivity contribution in [2.24, 2.45) is 5.41 Å². The van der Waals surface area contributed by atoms with E-state index in [0.717, 1.165) is 16.8 Å². The van der Waals surface area contributed by atoms with Gasteiger partial charge in [0, 0.05) is 17.8 Å². The highest BCUT2D eigenvalue weighted by Gasteiger charge is 2.29. The highest BCUT2D eigenvalue weighted by molar-refractivity contribution is 6.19. The van der Waals surface area contributed by atoms with Crippen LogP contribution in [0.1, 0.15) is 26.3 Å². The van der Waals surface area contributed by atoms with Gasteiger partial charge in [0.25, 0.3) is 0 Å². The fourth-order valence-electron chi connectivity index (χ4n) is 2.17. The molecule has 0 saturated heterocycles. The lowest BCUT2D eigenvalue weighted by Gasteiger charge is -2.31. The molecule has 0 spiro atoms. The van der Waals surface area contributed by atoms with Gasteiger partial charge >= 0.3 is 5.97 Å². The van der Waals surface area contributed by atoms with Crippen LogP contribution in [0.15, 0.2) is 29.8 Å². The van der Waals surface area contributed by atoms with Crippen LogP contribution in [0.5, 0.6) is 0 Å². The first-order valence-electron chi connectivity index (χ1n) is 5.71. The van der Waals surface area contributed by atoms with Crippen LogP contribution in [0.3, 0.4) is 0 Å². The van der Waals surface area contributed by atoms with Gasteiger partial charge in [-0.3, -0.25) is 0 Å². The van der Waals surface area contributed by atoms with E-state index < -0.39 is 5.97 Å². The van der Waals surface area contributed by atoms with Crippen LogP contribution >= 0.6 is 0 Å². The number of anilines is 1. The summed E-state index contributed by atoms with van der Waals surface area (Å²) < 4.78 is 0. The van der Waals surface area contributed by atoms with E-state index in [1.165, 1.54) is 0 Å². The second kappa shape index (κ2) is 3.91. The van der Waals surface area contributed by atoms with Gasteiger partial charge in [0.1, 0.15) is 0 Å². The highest BCUT2D eigenvalue weighted by atomic mass is 16.4. The van der Waals surface area contributed by atoms with Crippen molar-refractivity contribution >= 4 is 17.2 Å². The number of fused-ring (bicyclic) bond motifs is 1. The predicted molar refractivity (Wildman–Crippen MR) is 68.9 cm³/mol. The van der Waals surface area contributed by atoms with Gasteiger partial charge in [-0.15, -0.1) is 0 Å². The first kappa shape index (κ1) is 11.7. The monoisotopic (exact) mass is 231 g/mol. The summed E-state index contributed by atoms with van der Waals surface area (Å²) in [5.41, 5.74) is 2.94. The van der Waals surface area contributed by atoms with Crippen LogP contribution in [0.2, 0.25) is 0 Å².